The monoisotopic (exact) mass is 422 g/mol. The number of carbonyl (C=O) groups excluding carboxylic acids is 1. The Labute approximate surface area is 180 Å². The van der Waals surface area contributed by atoms with Gasteiger partial charge < -0.3 is 15.4 Å². The molecule has 1 aromatic carbocycles. The first-order valence-electron chi connectivity index (χ1n) is 10.2. The molecule has 7 heteroatoms. The fourth-order valence-corrected chi connectivity index (χ4v) is 4.68. The standard InChI is InChI=1S/C23H26N4O2S/c1-3-18(28)14-15-4-6-16(7-5-15)24-22-21-20(12-13-30-21)26-23(27-22)25-17-8-10-19(29-2)11-9-17/h3,8-13,15-16H,1,4-7,14H2,2H3,(H2,24,25,26,27). The zero-order chi connectivity index (χ0) is 20.9. The number of anilines is 3. The maximum Gasteiger partial charge on any atom is 0.229 e. The van der Waals surface area contributed by atoms with E-state index in [0.717, 1.165) is 53.2 Å². The molecular weight excluding hydrogens is 396 g/mol. The number of allylic oxidation sites excluding steroid dienone is 1. The van der Waals surface area contributed by atoms with Crippen LogP contribution in [0.5, 0.6) is 5.75 Å². The summed E-state index contributed by atoms with van der Waals surface area (Å²) in [4.78, 5) is 21.0. The largest absolute Gasteiger partial charge is 0.497 e. The first-order chi connectivity index (χ1) is 14.6. The number of ketones is 1. The van der Waals surface area contributed by atoms with Crippen molar-refractivity contribution in [3.05, 3.63) is 48.4 Å². The summed E-state index contributed by atoms with van der Waals surface area (Å²) >= 11 is 1.65. The first-order valence-corrected chi connectivity index (χ1v) is 11.1. The molecule has 2 aromatic heterocycles. The molecule has 30 heavy (non-hydrogen) atoms. The highest BCUT2D eigenvalue weighted by Crippen LogP contribution is 2.33. The molecule has 3 aromatic rings. The van der Waals surface area contributed by atoms with Crippen LogP contribution in [0.3, 0.4) is 0 Å². The minimum absolute atomic E-state index is 0.150. The quantitative estimate of drug-likeness (QED) is 0.463. The number of thiophene rings is 1. The Hall–Kier alpha value is -2.93. The van der Waals surface area contributed by atoms with Crippen LogP contribution >= 0.6 is 11.3 Å². The smallest absolute Gasteiger partial charge is 0.229 e. The average molecular weight is 423 g/mol. The predicted octanol–water partition coefficient (Wildman–Crippen LogP) is 5.56. The van der Waals surface area contributed by atoms with Gasteiger partial charge in [0.25, 0.3) is 0 Å². The van der Waals surface area contributed by atoms with Gasteiger partial charge in [0.2, 0.25) is 5.95 Å². The number of ether oxygens (including phenoxy) is 1. The number of aromatic nitrogens is 2. The van der Waals surface area contributed by atoms with E-state index in [4.69, 9.17) is 9.72 Å². The zero-order valence-corrected chi connectivity index (χ0v) is 17.9. The second-order valence-electron chi connectivity index (χ2n) is 7.62. The molecule has 0 radical (unpaired) electrons. The van der Waals surface area contributed by atoms with Gasteiger partial charge in [-0.3, -0.25) is 4.79 Å². The van der Waals surface area contributed by atoms with Gasteiger partial charge in [-0.1, -0.05) is 6.58 Å². The van der Waals surface area contributed by atoms with Crippen molar-refractivity contribution in [1.29, 1.82) is 0 Å². The number of fused-ring (bicyclic) bond motifs is 1. The van der Waals surface area contributed by atoms with Crippen LogP contribution in [0.15, 0.2) is 48.4 Å². The van der Waals surface area contributed by atoms with Gasteiger partial charge in [0.05, 0.1) is 17.3 Å². The molecule has 156 valence electrons. The van der Waals surface area contributed by atoms with Crippen LogP contribution in [0.4, 0.5) is 17.5 Å². The molecule has 0 saturated heterocycles. The Balaban J connectivity index is 1.46. The van der Waals surface area contributed by atoms with Gasteiger partial charge in [0, 0.05) is 18.2 Å². The number of benzene rings is 1. The summed E-state index contributed by atoms with van der Waals surface area (Å²) in [6.07, 6.45) is 6.23. The number of methoxy groups -OCH3 is 1. The fraction of sp³-hybridized carbons (Fsp3) is 0.348. The average Bonchev–Trinajstić information content (AvgIpc) is 3.24. The van der Waals surface area contributed by atoms with Crippen molar-refractivity contribution in [3.8, 4) is 5.75 Å². The Morgan fingerprint density at radius 3 is 2.67 bits per heavy atom. The molecule has 2 N–H and O–H groups in total. The van der Waals surface area contributed by atoms with Crippen molar-refractivity contribution >= 4 is 44.8 Å². The van der Waals surface area contributed by atoms with E-state index in [2.05, 4.69) is 22.2 Å². The zero-order valence-electron chi connectivity index (χ0n) is 17.1. The lowest BCUT2D eigenvalue weighted by Gasteiger charge is -2.29. The van der Waals surface area contributed by atoms with E-state index in [0.29, 0.717) is 24.3 Å². The molecule has 1 aliphatic carbocycles. The molecule has 0 aliphatic heterocycles. The number of carbonyl (C=O) groups is 1. The molecule has 6 nitrogen and oxygen atoms in total. The lowest BCUT2D eigenvalue weighted by molar-refractivity contribution is -0.115. The Kier molecular flexibility index (Phi) is 6.28. The molecule has 0 spiro atoms. The van der Waals surface area contributed by atoms with E-state index in [1.54, 1.807) is 18.4 Å². The summed E-state index contributed by atoms with van der Waals surface area (Å²) in [7, 11) is 1.65. The molecule has 0 bridgehead atoms. The molecule has 1 saturated carbocycles. The normalized spacial score (nSPS) is 18.7. The lowest BCUT2D eigenvalue weighted by Crippen LogP contribution is -2.27. The Morgan fingerprint density at radius 1 is 1.20 bits per heavy atom. The molecule has 1 fully saturated rings. The topological polar surface area (TPSA) is 76.1 Å². The van der Waals surface area contributed by atoms with Crippen molar-refractivity contribution in [3.63, 3.8) is 0 Å². The van der Waals surface area contributed by atoms with Crippen LogP contribution in [-0.2, 0) is 4.79 Å². The fourth-order valence-electron chi connectivity index (χ4n) is 3.89. The summed E-state index contributed by atoms with van der Waals surface area (Å²) in [5.74, 6) is 2.86. The number of hydrogen-bond donors (Lipinski definition) is 2. The number of rotatable bonds is 8. The van der Waals surface area contributed by atoms with Crippen molar-refractivity contribution in [1.82, 2.24) is 9.97 Å². The molecule has 1 aliphatic rings. The molecule has 2 heterocycles. The van der Waals surface area contributed by atoms with E-state index in [1.807, 2.05) is 35.7 Å². The minimum Gasteiger partial charge on any atom is -0.497 e. The highest BCUT2D eigenvalue weighted by molar-refractivity contribution is 7.17. The van der Waals surface area contributed by atoms with Gasteiger partial charge in [-0.2, -0.15) is 4.98 Å². The predicted molar refractivity (Wildman–Crippen MR) is 123 cm³/mol. The van der Waals surface area contributed by atoms with Gasteiger partial charge in [0.1, 0.15) is 11.6 Å². The van der Waals surface area contributed by atoms with Crippen LogP contribution in [0.2, 0.25) is 0 Å². The maximum atomic E-state index is 11.6. The summed E-state index contributed by atoms with van der Waals surface area (Å²) in [5.41, 5.74) is 1.84. The van der Waals surface area contributed by atoms with Gasteiger partial charge in [0.15, 0.2) is 5.78 Å². The van der Waals surface area contributed by atoms with Crippen LogP contribution in [-0.4, -0.2) is 28.9 Å². The van der Waals surface area contributed by atoms with Gasteiger partial charge in [-0.05, 0) is 73.4 Å². The third kappa shape index (κ3) is 4.79. The summed E-state index contributed by atoms with van der Waals surface area (Å²) in [6.45, 7) is 3.58. The molecular formula is C23H26N4O2S. The number of hydrogen-bond acceptors (Lipinski definition) is 7. The van der Waals surface area contributed by atoms with E-state index < -0.39 is 0 Å². The minimum atomic E-state index is 0.150. The maximum absolute atomic E-state index is 11.6. The molecule has 0 amide bonds. The van der Waals surface area contributed by atoms with E-state index in [-0.39, 0.29) is 5.78 Å². The highest BCUT2D eigenvalue weighted by Gasteiger charge is 2.23. The van der Waals surface area contributed by atoms with Crippen LogP contribution in [0, 0.1) is 5.92 Å². The highest BCUT2D eigenvalue weighted by atomic mass is 32.1. The number of nitrogens with zero attached hydrogens (tertiary/aromatic N) is 2. The summed E-state index contributed by atoms with van der Waals surface area (Å²) in [6, 6.07) is 10.1. The Bertz CT molecular complexity index is 1020. The lowest BCUT2D eigenvalue weighted by atomic mass is 9.83. The van der Waals surface area contributed by atoms with Crippen LogP contribution in [0.25, 0.3) is 10.2 Å². The van der Waals surface area contributed by atoms with Gasteiger partial charge in [-0.25, -0.2) is 4.98 Å². The van der Waals surface area contributed by atoms with E-state index in [9.17, 15) is 4.79 Å². The Morgan fingerprint density at radius 2 is 1.97 bits per heavy atom. The third-order valence-electron chi connectivity index (χ3n) is 5.55. The van der Waals surface area contributed by atoms with Crippen molar-refractivity contribution in [2.45, 2.75) is 38.1 Å². The molecule has 0 atom stereocenters. The molecule has 4 rings (SSSR count). The second-order valence-corrected chi connectivity index (χ2v) is 8.54. The third-order valence-corrected chi connectivity index (χ3v) is 6.47. The summed E-state index contributed by atoms with van der Waals surface area (Å²) < 4.78 is 6.28. The van der Waals surface area contributed by atoms with Gasteiger partial charge >= 0.3 is 0 Å². The first kappa shape index (κ1) is 20.3. The van der Waals surface area contributed by atoms with E-state index >= 15 is 0 Å². The van der Waals surface area contributed by atoms with Crippen molar-refractivity contribution in [2.24, 2.45) is 5.92 Å². The second kappa shape index (κ2) is 9.26. The van der Waals surface area contributed by atoms with Crippen molar-refractivity contribution in [2.75, 3.05) is 17.7 Å². The van der Waals surface area contributed by atoms with Crippen LogP contribution in [0.1, 0.15) is 32.1 Å². The van der Waals surface area contributed by atoms with Crippen LogP contribution < -0.4 is 15.4 Å². The molecule has 0 unspecified atom stereocenters. The van der Waals surface area contributed by atoms with Gasteiger partial charge in [-0.15, -0.1) is 11.3 Å². The summed E-state index contributed by atoms with van der Waals surface area (Å²) in [5, 5.41) is 8.97. The number of nitrogens with one attached hydrogen (secondary N) is 2. The van der Waals surface area contributed by atoms with E-state index in [1.165, 1.54) is 6.08 Å². The SMILES string of the molecule is C=CC(=O)CC1CCC(Nc2nc(Nc3ccc(OC)cc3)nc3ccsc23)CC1. The van der Waals surface area contributed by atoms with Crippen molar-refractivity contribution < 1.29 is 9.53 Å².